The molecule has 1 fully saturated rings. The summed E-state index contributed by atoms with van der Waals surface area (Å²) in [7, 11) is 0. The summed E-state index contributed by atoms with van der Waals surface area (Å²) in [6.45, 7) is 5.92. The molecule has 1 aromatic heterocycles. The zero-order valence-electron chi connectivity index (χ0n) is 14.6. The number of urea groups is 1. The Kier molecular flexibility index (Phi) is 4.74. The number of hydrogen-bond donors (Lipinski definition) is 2. The van der Waals surface area contributed by atoms with Gasteiger partial charge >= 0.3 is 6.03 Å². The first-order valence-electron chi connectivity index (χ1n) is 8.31. The molecule has 0 spiro atoms. The summed E-state index contributed by atoms with van der Waals surface area (Å²) in [4.78, 5) is 26.6. The summed E-state index contributed by atoms with van der Waals surface area (Å²) in [5.41, 5.74) is 2.45. The maximum absolute atomic E-state index is 12.7. The average molecular weight is 342 g/mol. The molecule has 1 aliphatic heterocycles. The molecule has 0 saturated carbocycles. The molecule has 132 valence electrons. The largest absolute Gasteiger partial charge is 0.361 e. The summed E-state index contributed by atoms with van der Waals surface area (Å²) in [6.07, 6.45) is 0.576. The second-order valence-electron chi connectivity index (χ2n) is 6.31. The molecule has 3 rings (SSSR count). The van der Waals surface area contributed by atoms with E-state index in [-0.39, 0.29) is 18.0 Å². The Bertz CT molecular complexity index is 752. The molecule has 2 atom stereocenters. The molecule has 0 bridgehead atoms. The standard InChI is InChI=1S/C18H22N4O3/c1-11-9-16(17(23)22(11)14-7-5-4-6-8-14)20-18(24)19-10-15-12(2)21-25-13(15)3/h4-8,11,16H,9-10H2,1-3H3,(H2,19,20,24)/t11-,16-/m0/s1. The van der Waals surface area contributed by atoms with Crippen molar-refractivity contribution in [3.05, 3.63) is 47.3 Å². The molecular formula is C18H22N4O3. The summed E-state index contributed by atoms with van der Waals surface area (Å²) in [5, 5.41) is 9.39. The molecule has 0 radical (unpaired) electrons. The Morgan fingerprint density at radius 3 is 2.68 bits per heavy atom. The molecule has 2 aromatic rings. The summed E-state index contributed by atoms with van der Waals surface area (Å²) in [6, 6.07) is 8.62. The van der Waals surface area contributed by atoms with E-state index < -0.39 is 6.04 Å². The van der Waals surface area contributed by atoms with E-state index in [1.54, 1.807) is 11.8 Å². The van der Waals surface area contributed by atoms with Crippen molar-refractivity contribution < 1.29 is 14.1 Å². The number of carbonyl (C=O) groups is 2. The lowest BCUT2D eigenvalue weighted by Crippen LogP contribution is -2.46. The Hall–Kier alpha value is -2.83. The van der Waals surface area contributed by atoms with E-state index in [2.05, 4.69) is 15.8 Å². The van der Waals surface area contributed by atoms with Crippen molar-refractivity contribution in [2.75, 3.05) is 4.90 Å². The number of para-hydroxylation sites is 1. The third-order valence-electron chi connectivity index (χ3n) is 4.50. The molecule has 7 heteroatoms. The zero-order chi connectivity index (χ0) is 18.0. The fraction of sp³-hybridized carbons (Fsp3) is 0.389. The molecule has 7 nitrogen and oxygen atoms in total. The van der Waals surface area contributed by atoms with Gasteiger partial charge in [0, 0.05) is 23.8 Å². The molecule has 25 heavy (non-hydrogen) atoms. The lowest BCUT2D eigenvalue weighted by Gasteiger charge is -2.21. The topological polar surface area (TPSA) is 87.5 Å². The number of nitrogens with zero attached hydrogens (tertiary/aromatic N) is 2. The predicted molar refractivity (Wildman–Crippen MR) is 93.1 cm³/mol. The van der Waals surface area contributed by atoms with Crippen molar-refractivity contribution >= 4 is 17.6 Å². The number of anilines is 1. The normalized spacial score (nSPS) is 20.0. The van der Waals surface area contributed by atoms with E-state index in [1.807, 2.05) is 44.2 Å². The maximum Gasteiger partial charge on any atom is 0.315 e. The van der Waals surface area contributed by atoms with Gasteiger partial charge in [0.05, 0.1) is 5.69 Å². The number of amides is 3. The van der Waals surface area contributed by atoms with E-state index in [9.17, 15) is 9.59 Å². The lowest BCUT2D eigenvalue weighted by atomic mass is 10.2. The Morgan fingerprint density at radius 1 is 1.32 bits per heavy atom. The van der Waals surface area contributed by atoms with Crippen LogP contribution in [0.15, 0.2) is 34.9 Å². The third kappa shape index (κ3) is 3.50. The van der Waals surface area contributed by atoms with Crippen LogP contribution in [0.5, 0.6) is 0 Å². The van der Waals surface area contributed by atoms with Crippen LogP contribution in [0.4, 0.5) is 10.5 Å². The van der Waals surface area contributed by atoms with Gasteiger partial charge in [-0.15, -0.1) is 0 Å². The molecule has 0 unspecified atom stereocenters. The van der Waals surface area contributed by atoms with Crippen LogP contribution in [-0.4, -0.2) is 29.2 Å². The highest BCUT2D eigenvalue weighted by Crippen LogP contribution is 2.26. The van der Waals surface area contributed by atoms with Crippen LogP contribution >= 0.6 is 0 Å². The van der Waals surface area contributed by atoms with Crippen LogP contribution in [0.1, 0.15) is 30.4 Å². The molecule has 3 amide bonds. The van der Waals surface area contributed by atoms with Crippen molar-refractivity contribution in [2.24, 2.45) is 0 Å². The van der Waals surface area contributed by atoms with Crippen LogP contribution in [-0.2, 0) is 11.3 Å². The molecular weight excluding hydrogens is 320 g/mol. The van der Waals surface area contributed by atoms with Gasteiger partial charge in [0.25, 0.3) is 0 Å². The molecule has 1 aliphatic rings. The van der Waals surface area contributed by atoms with Crippen molar-refractivity contribution in [1.29, 1.82) is 0 Å². The second-order valence-corrected chi connectivity index (χ2v) is 6.31. The number of aromatic nitrogens is 1. The first-order chi connectivity index (χ1) is 12.0. The number of nitrogens with one attached hydrogen (secondary N) is 2. The minimum Gasteiger partial charge on any atom is -0.361 e. The van der Waals surface area contributed by atoms with E-state index in [0.29, 0.717) is 18.7 Å². The van der Waals surface area contributed by atoms with Gasteiger partial charge in [-0.25, -0.2) is 4.79 Å². The SMILES string of the molecule is Cc1noc(C)c1CNC(=O)N[C@H]1C[C@H](C)N(c2ccccc2)C1=O. The number of benzene rings is 1. The third-order valence-corrected chi connectivity index (χ3v) is 4.50. The van der Waals surface area contributed by atoms with E-state index in [4.69, 9.17) is 4.52 Å². The van der Waals surface area contributed by atoms with E-state index in [1.165, 1.54) is 0 Å². The summed E-state index contributed by atoms with van der Waals surface area (Å²) >= 11 is 0. The van der Waals surface area contributed by atoms with Crippen molar-refractivity contribution in [2.45, 2.75) is 45.8 Å². The van der Waals surface area contributed by atoms with Gasteiger partial charge in [-0.3, -0.25) is 4.79 Å². The predicted octanol–water partition coefficient (Wildman–Crippen LogP) is 2.28. The van der Waals surface area contributed by atoms with Crippen molar-refractivity contribution in [3.8, 4) is 0 Å². The van der Waals surface area contributed by atoms with Gasteiger partial charge < -0.3 is 20.1 Å². The molecule has 2 N–H and O–H groups in total. The number of rotatable bonds is 4. The van der Waals surface area contributed by atoms with Gasteiger partial charge in [-0.2, -0.15) is 0 Å². The van der Waals surface area contributed by atoms with E-state index in [0.717, 1.165) is 16.9 Å². The molecule has 1 saturated heterocycles. The van der Waals surface area contributed by atoms with Gasteiger partial charge in [0.1, 0.15) is 11.8 Å². The smallest absolute Gasteiger partial charge is 0.315 e. The average Bonchev–Trinajstić information content (AvgIpc) is 3.05. The Balaban J connectivity index is 1.60. The van der Waals surface area contributed by atoms with Crippen molar-refractivity contribution in [3.63, 3.8) is 0 Å². The van der Waals surface area contributed by atoms with Gasteiger partial charge in [0.2, 0.25) is 5.91 Å². The minimum atomic E-state index is -0.528. The van der Waals surface area contributed by atoms with Gasteiger partial charge in [-0.05, 0) is 39.3 Å². The number of hydrogen-bond acceptors (Lipinski definition) is 4. The highest BCUT2D eigenvalue weighted by molar-refractivity contribution is 6.01. The van der Waals surface area contributed by atoms with Crippen LogP contribution < -0.4 is 15.5 Å². The first-order valence-corrected chi connectivity index (χ1v) is 8.31. The minimum absolute atomic E-state index is 0.0303. The number of carbonyl (C=O) groups excluding carboxylic acids is 2. The van der Waals surface area contributed by atoms with Gasteiger partial charge in [0.15, 0.2) is 0 Å². The van der Waals surface area contributed by atoms with Crippen LogP contribution in [0.3, 0.4) is 0 Å². The van der Waals surface area contributed by atoms with Crippen LogP contribution in [0.25, 0.3) is 0 Å². The lowest BCUT2D eigenvalue weighted by molar-refractivity contribution is -0.118. The molecule has 1 aromatic carbocycles. The van der Waals surface area contributed by atoms with Crippen molar-refractivity contribution in [1.82, 2.24) is 15.8 Å². The van der Waals surface area contributed by atoms with Crippen LogP contribution in [0.2, 0.25) is 0 Å². The summed E-state index contributed by atoms with van der Waals surface area (Å²) in [5.74, 6) is 0.588. The fourth-order valence-corrected chi connectivity index (χ4v) is 3.16. The first kappa shape index (κ1) is 17.0. The van der Waals surface area contributed by atoms with Crippen LogP contribution in [0, 0.1) is 13.8 Å². The molecule has 0 aliphatic carbocycles. The van der Waals surface area contributed by atoms with E-state index >= 15 is 0 Å². The highest BCUT2D eigenvalue weighted by Gasteiger charge is 2.38. The zero-order valence-corrected chi connectivity index (χ0v) is 14.6. The Morgan fingerprint density at radius 2 is 2.04 bits per heavy atom. The highest BCUT2D eigenvalue weighted by atomic mass is 16.5. The fourth-order valence-electron chi connectivity index (χ4n) is 3.16. The summed E-state index contributed by atoms with van der Waals surface area (Å²) < 4.78 is 5.07. The second kappa shape index (κ2) is 6.96. The maximum atomic E-state index is 12.7. The molecule has 2 heterocycles. The number of aryl methyl sites for hydroxylation is 2. The monoisotopic (exact) mass is 342 g/mol. The Labute approximate surface area is 146 Å². The van der Waals surface area contributed by atoms with Gasteiger partial charge in [-0.1, -0.05) is 23.4 Å². The quantitative estimate of drug-likeness (QED) is 0.892.